The topological polar surface area (TPSA) is 63.7 Å². The summed E-state index contributed by atoms with van der Waals surface area (Å²) in [5.74, 6) is -3.65. The normalized spacial score (nSPS) is 24.4. The molecule has 0 N–H and O–H groups in total. The Hall–Kier alpha value is -1.41. The molecule has 9 heteroatoms. The highest BCUT2D eigenvalue weighted by Crippen LogP contribution is 2.39. The quantitative estimate of drug-likeness (QED) is 0.735. The number of hydrogen-bond acceptors (Lipinski definition) is 4. The van der Waals surface area contributed by atoms with Crippen LogP contribution in [0, 0.1) is 5.92 Å². The molecule has 1 heterocycles. The van der Waals surface area contributed by atoms with Crippen molar-refractivity contribution in [3.8, 4) is 0 Å². The lowest BCUT2D eigenvalue weighted by Gasteiger charge is -2.18. The number of nitrogens with zero attached hydrogens (tertiary/aromatic N) is 1. The molecule has 2 fully saturated rings. The highest BCUT2D eigenvalue weighted by molar-refractivity contribution is 7.93. The summed E-state index contributed by atoms with van der Waals surface area (Å²) in [5, 5.41) is 0.0707. The van der Waals surface area contributed by atoms with Crippen LogP contribution in [0.2, 0.25) is 5.02 Å². The van der Waals surface area contributed by atoms with Crippen LogP contribution in [0.15, 0.2) is 18.2 Å². The van der Waals surface area contributed by atoms with Gasteiger partial charge in [-0.1, -0.05) is 11.6 Å². The molecule has 1 aliphatic carbocycles. The fourth-order valence-electron chi connectivity index (χ4n) is 3.21. The van der Waals surface area contributed by atoms with E-state index in [-0.39, 0.29) is 41.7 Å². The highest BCUT2D eigenvalue weighted by Gasteiger charge is 2.39. The van der Waals surface area contributed by atoms with Crippen LogP contribution in [0.3, 0.4) is 0 Å². The van der Waals surface area contributed by atoms with E-state index in [1.807, 2.05) is 0 Å². The molecule has 0 amide bonds. The van der Waals surface area contributed by atoms with Gasteiger partial charge in [-0.25, -0.2) is 22.0 Å². The molecule has 1 saturated heterocycles. The second kappa shape index (κ2) is 6.72. The number of carbonyl (C=O) groups excluding carboxylic acids is 1. The van der Waals surface area contributed by atoms with Gasteiger partial charge < -0.3 is 4.74 Å². The van der Waals surface area contributed by atoms with Gasteiger partial charge in [0.25, 0.3) is 0 Å². The van der Waals surface area contributed by atoms with Gasteiger partial charge in [-0.05, 0) is 37.0 Å². The van der Waals surface area contributed by atoms with Gasteiger partial charge in [-0.15, -0.1) is 0 Å². The molecule has 25 heavy (non-hydrogen) atoms. The van der Waals surface area contributed by atoms with Gasteiger partial charge in [0.05, 0.1) is 28.6 Å². The molecule has 138 valence electrons. The van der Waals surface area contributed by atoms with E-state index in [0.717, 1.165) is 0 Å². The molecule has 1 aromatic carbocycles. The third-order valence-corrected chi connectivity index (χ3v) is 6.70. The lowest BCUT2D eigenvalue weighted by atomic mass is 10.1. The maximum absolute atomic E-state index is 13.1. The number of halogens is 3. The number of sulfonamides is 1. The number of ether oxygens (including phenoxy) is 1. The van der Waals surface area contributed by atoms with Crippen molar-refractivity contribution in [1.82, 2.24) is 0 Å². The van der Waals surface area contributed by atoms with E-state index in [2.05, 4.69) is 0 Å². The standard InChI is InChI=1S/C16H18ClF2NO4S/c17-14-8-12(20-6-1-7-25(20,22)23)2-3-13(14)15(21)24-10-11-4-5-16(18,19)9-11/h2-3,8,11H,1,4-7,9-10H2. The Morgan fingerprint density at radius 2 is 2.16 bits per heavy atom. The lowest BCUT2D eigenvalue weighted by Crippen LogP contribution is -2.25. The fraction of sp³-hybridized carbons (Fsp3) is 0.562. The van der Waals surface area contributed by atoms with Crippen molar-refractivity contribution in [1.29, 1.82) is 0 Å². The number of alkyl halides is 2. The lowest BCUT2D eigenvalue weighted by molar-refractivity contribution is -0.000702. The summed E-state index contributed by atoms with van der Waals surface area (Å²) in [4.78, 5) is 12.1. The summed E-state index contributed by atoms with van der Waals surface area (Å²) in [6.45, 7) is 0.297. The maximum Gasteiger partial charge on any atom is 0.339 e. The highest BCUT2D eigenvalue weighted by atomic mass is 35.5. The van der Waals surface area contributed by atoms with Crippen LogP contribution in [0.4, 0.5) is 14.5 Å². The number of anilines is 1. The van der Waals surface area contributed by atoms with Gasteiger partial charge in [-0.3, -0.25) is 4.31 Å². The van der Waals surface area contributed by atoms with E-state index in [1.54, 1.807) is 0 Å². The first-order chi connectivity index (χ1) is 11.7. The number of carbonyl (C=O) groups is 1. The molecule has 3 rings (SSSR count). The molecule has 1 aromatic rings. The summed E-state index contributed by atoms with van der Waals surface area (Å²) in [6, 6.07) is 4.30. The molecule has 1 atom stereocenters. The minimum atomic E-state index is -3.33. The number of esters is 1. The number of hydrogen-bond donors (Lipinski definition) is 0. The molecule has 1 aliphatic heterocycles. The van der Waals surface area contributed by atoms with Crippen molar-refractivity contribution in [2.45, 2.75) is 31.6 Å². The van der Waals surface area contributed by atoms with Crippen LogP contribution in [0.1, 0.15) is 36.0 Å². The summed E-state index contributed by atoms with van der Waals surface area (Å²) in [7, 11) is -3.33. The zero-order chi connectivity index (χ0) is 18.2. The third-order valence-electron chi connectivity index (χ3n) is 4.52. The summed E-state index contributed by atoms with van der Waals surface area (Å²) < 4.78 is 56.5. The van der Waals surface area contributed by atoms with Crippen LogP contribution in [-0.4, -0.2) is 39.2 Å². The van der Waals surface area contributed by atoms with Crippen molar-refractivity contribution in [2.75, 3.05) is 23.2 Å². The van der Waals surface area contributed by atoms with Crippen molar-refractivity contribution in [3.05, 3.63) is 28.8 Å². The molecule has 0 spiro atoms. The molecule has 0 radical (unpaired) electrons. The Labute approximate surface area is 149 Å². The zero-order valence-electron chi connectivity index (χ0n) is 13.4. The van der Waals surface area contributed by atoms with Gasteiger partial charge in [0, 0.05) is 19.4 Å². The van der Waals surface area contributed by atoms with Crippen molar-refractivity contribution < 1.29 is 26.7 Å². The van der Waals surface area contributed by atoms with Gasteiger partial charge in [0.2, 0.25) is 15.9 Å². The smallest absolute Gasteiger partial charge is 0.339 e. The Kier molecular flexibility index (Phi) is 4.94. The average molecular weight is 394 g/mol. The Morgan fingerprint density at radius 3 is 2.72 bits per heavy atom. The molecule has 0 aromatic heterocycles. The second-order valence-corrected chi connectivity index (χ2v) is 8.89. The number of benzene rings is 1. The van der Waals surface area contributed by atoms with Crippen molar-refractivity contribution in [3.63, 3.8) is 0 Å². The average Bonchev–Trinajstić information content (AvgIpc) is 3.06. The SMILES string of the molecule is O=C(OCC1CCC(F)(F)C1)c1ccc(N2CCCS2(=O)=O)cc1Cl. The molecule has 0 bridgehead atoms. The monoisotopic (exact) mass is 393 g/mol. The van der Waals surface area contributed by atoms with Crippen LogP contribution < -0.4 is 4.31 Å². The molecule has 1 unspecified atom stereocenters. The molecule has 5 nitrogen and oxygen atoms in total. The van der Waals surface area contributed by atoms with E-state index in [4.69, 9.17) is 16.3 Å². The van der Waals surface area contributed by atoms with Crippen LogP contribution in [-0.2, 0) is 14.8 Å². The maximum atomic E-state index is 13.1. The number of rotatable bonds is 4. The predicted octanol–water partition coefficient (Wildman–Crippen LogP) is 3.47. The zero-order valence-corrected chi connectivity index (χ0v) is 15.0. The molecule has 1 saturated carbocycles. The Bertz CT molecular complexity index is 784. The molecular formula is C16H18ClF2NO4S. The van der Waals surface area contributed by atoms with E-state index in [0.29, 0.717) is 25.1 Å². The minimum Gasteiger partial charge on any atom is -0.462 e. The first-order valence-corrected chi connectivity index (χ1v) is 10.0. The van der Waals surface area contributed by atoms with E-state index in [1.165, 1.54) is 22.5 Å². The summed E-state index contributed by atoms with van der Waals surface area (Å²) >= 11 is 6.09. The van der Waals surface area contributed by atoms with Gasteiger partial charge in [0.1, 0.15) is 0 Å². The summed E-state index contributed by atoms with van der Waals surface area (Å²) in [5.41, 5.74) is 0.487. The van der Waals surface area contributed by atoms with Crippen molar-refractivity contribution >= 4 is 33.3 Å². The van der Waals surface area contributed by atoms with E-state index in [9.17, 15) is 22.0 Å². The first-order valence-electron chi connectivity index (χ1n) is 8.03. The van der Waals surface area contributed by atoms with E-state index >= 15 is 0 Å². The summed E-state index contributed by atoms with van der Waals surface area (Å²) in [6.07, 6.45) is 0.393. The molecule has 2 aliphatic rings. The minimum absolute atomic E-state index is 0.0707. The first kappa shape index (κ1) is 18.4. The van der Waals surface area contributed by atoms with Gasteiger partial charge in [0.15, 0.2) is 0 Å². The fourth-order valence-corrected chi connectivity index (χ4v) is 5.02. The van der Waals surface area contributed by atoms with Crippen LogP contribution in [0.5, 0.6) is 0 Å². The Morgan fingerprint density at radius 1 is 1.40 bits per heavy atom. The van der Waals surface area contributed by atoms with E-state index < -0.39 is 21.9 Å². The molecular weight excluding hydrogens is 376 g/mol. The van der Waals surface area contributed by atoms with Crippen molar-refractivity contribution in [2.24, 2.45) is 5.92 Å². The Balaban J connectivity index is 1.66. The van der Waals surface area contributed by atoms with Gasteiger partial charge in [-0.2, -0.15) is 0 Å². The third kappa shape index (κ3) is 4.06. The van der Waals surface area contributed by atoms with Crippen LogP contribution >= 0.6 is 11.6 Å². The van der Waals surface area contributed by atoms with Crippen LogP contribution in [0.25, 0.3) is 0 Å². The van der Waals surface area contributed by atoms with Gasteiger partial charge >= 0.3 is 5.97 Å². The predicted molar refractivity (Wildman–Crippen MR) is 89.8 cm³/mol. The largest absolute Gasteiger partial charge is 0.462 e. The second-order valence-electron chi connectivity index (χ2n) is 6.47.